The highest BCUT2D eigenvalue weighted by Crippen LogP contribution is 2.26. The van der Waals surface area contributed by atoms with Crippen LogP contribution in [0, 0.1) is 0 Å². The molecule has 0 fully saturated rings. The number of thiophene rings is 1. The van der Waals surface area contributed by atoms with Gasteiger partial charge in [0.05, 0.1) is 10.4 Å². The maximum absolute atomic E-state index is 10.9. The van der Waals surface area contributed by atoms with Crippen molar-refractivity contribution in [2.24, 2.45) is 0 Å². The molecule has 0 saturated carbocycles. The molecule has 0 aliphatic rings. The molecule has 3 nitrogen and oxygen atoms in total. The van der Waals surface area contributed by atoms with Crippen LogP contribution in [0.15, 0.2) is 17.5 Å². The summed E-state index contributed by atoms with van der Waals surface area (Å²) in [5, 5.41) is 9.02. The molecule has 0 saturated heterocycles. The number of H-pyrrole nitrogens is 1. The van der Waals surface area contributed by atoms with Crippen LogP contribution in [0.2, 0.25) is 0 Å². The SMILES string of the molecule is CCc1[nH]nc(-c2cccs2)c1C=O. The van der Waals surface area contributed by atoms with Gasteiger partial charge in [-0.15, -0.1) is 11.3 Å². The molecule has 2 heterocycles. The van der Waals surface area contributed by atoms with Gasteiger partial charge in [0.15, 0.2) is 6.29 Å². The first-order chi connectivity index (χ1) is 6.86. The zero-order chi connectivity index (χ0) is 9.97. The van der Waals surface area contributed by atoms with Gasteiger partial charge in [0.1, 0.15) is 5.69 Å². The second-order valence-corrected chi connectivity index (χ2v) is 3.86. The van der Waals surface area contributed by atoms with Gasteiger partial charge >= 0.3 is 0 Å². The van der Waals surface area contributed by atoms with Crippen LogP contribution in [0.4, 0.5) is 0 Å². The third-order valence-electron chi connectivity index (χ3n) is 2.11. The number of carbonyl (C=O) groups excluding carboxylic acids is 1. The average Bonchev–Trinajstić information content (AvgIpc) is 2.85. The highest BCUT2D eigenvalue weighted by molar-refractivity contribution is 7.13. The summed E-state index contributed by atoms with van der Waals surface area (Å²) >= 11 is 1.59. The number of nitrogens with zero attached hydrogens (tertiary/aromatic N) is 1. The van der Waals surface area contributed by atoms with E-state index >= 15 is 0 Å². The summed E-state index contributed by atoms with van der Waals surface area (Å²) in [6.07, 6.45) is 1.67. The Balaban J connectivity index is 2.54. The van der Waals surface area contributed by atoms with E-state index < -0.39 is 0 Å². The molecule has 0 aliphatic heterocycles. The minimum atomic E-state index is 0.690. The maximum Gasteiger partial charge on any atom is 0.154 e. The summed E-state index contributed by atoms with van der Waals surface area (Å²) in [4.78, 5) is 11.9. The van der Waals surface area contributed by atoms with Crippen molar-refractivity contribution in [3.8, 4) is 10.6 Å². The molecule has 0 aromatic carbocycles. The Bertz CT molecular complexity index is 431. The third-order valence-corrected chi connectivity index (χ3v) is 2.99. The van der Waals surface area contributed by atoms with Crippen molar-refractivity contribution < 1.29 is 4.79 Å². The van der Waals surface area contributed by atoms with Crippen molar-refractivity contribution in [1.29, 1.82) is 0 Å². The minimum Gasteiger partial charge on any atom is -0.298 e. The molecule has 0 aliphatic carbocycles. The summed E-state index contributed by atoms with van der Waals surface area (Å²) in [6, 6.07) is 3.92. The fraction of sp³-hybridized carbons (Fsp3) is 0.200. The number of rotatable bonds is 3. The predicted octanol–water partition coefficient (Wildman–Crippen LogP) is 2.51. The van der Waals surface area contributed by atoms with Crippen LogP contribution in [0.25, 0.3) is 10.6 Å². The molecule has 0 amide bonds. The molecule has 4 heteroatoms. The van der Waals surface area contributed by atoms with Crippen molar-refractivity contribution in [3.05, 3.63) is 28.8 Å². The predicted molar refractivity (Wildman–Crippen MR) is 56.7 cm³/mol. The second-order valence-electron chi connectivity index (χ2n) is 2.91. The van der Waals surface area contributed by atoms with Crippen molar-refractivity contribution in [3.63, 3.8) is 0 Å². The van der Waals surface area contributed by atoms with E-state index in [2.05, 4.69) is 10.2 Å². The molecule has 1 N–H and O–H groups in total. The van der Waals surface area contributed by atoms with Gasteiger partial charge in [-0.2, -0.15) is 5.10 Å². The summed E-state index contributed by atoms with van der Waals surface area (Å²) in [5.41, 5.74) is 2.37. The van der Waals surface area contributed by atoms with Gasteiger partial charge in [-0.1, -0.05) is 13.0 Å². The highest BCUT2D eigenvalue weighted by Gasteiger charge is 2.13. The first-order valence-electron chi connectivity index (χ1n) is 4.43. The van der Waals surface area contributed by atoms with E-state index in [1.54, 1.807) is 11.3 Å². The molecule has 2 aromatic rings. The van der Waals surface area contributed by atoms with Crippen LogP contribution in [-0.2, 0) is 6.42 Å². The fourth-order valence-electron chi connectivity index (χ4n) is 1.38. The number of hydrogen-bond acceptors (Lipinski definition) is 3. The largest absolute Gasteiger partial charge is 0.298 e. The standard InChI is InChI=1S/C10H10N2OS/c1-2-8-7(6-13)10(12-11-8)9-4-3-5-14-9/h3-6H,2H2,1H3,(H,11,12). The normalized spacial score (nSPS) is 10.4. The van der Waals surface area contributed by atoms with Crippen LogP contribution < -0.4 is 0 Å². The number of hydrogen-bond donors (Lipinski definition) is 1. The van der Waals surface area contributed by atoms with Crippen molar-refractivity contribution >= 4 is 17.6 Å². The number of nitrogens with one attached hydrogen (secondary N) is 1. The summed E-state index contributed by atoms with van der Waals surface area (Å²) in [7, 11) is 0. The first kappa shape index (κ1) is 9.15. The average molecular weight is 206 g/mol. The van der Waals surface area contributed by atoms with Crippen LogP contribution in [0.3, 0.4) is 0 Å². The molecule has 2 rings (SSSR count). The Morgan fingerprint density at radius 3 is 3.07 bits per heavy atom. The molecule has 0 atom stereocenters. The van der Waals surface area contributed by atoms with Gasteiger partial charge in [-0.25, -0.2) is 0 Å². The third kappa shape index (κ3) is 1.37. The molecule has 0 unspecified atom stereocenters. The zero-order valence-corrected chi connectivity index (χ0v) is 8.60. The molecular weight excluding hydrogens is 196 g/mol. The molecule has 72 valence electrons. The maximum atomic E-state index is 10.9. The monoisotopic (exact) mass is 206 g/mol. The quantitative estimate of drug-likeness (QED) is 0.784. The van der Waals surface area contributed by atoms with Gasteiger partial charge in [0.25, 0.3) is 0 Å². The summed E-state index contributed by atoms with van der Waals surface area (Å²) < 4.78 is 0. The smallest absolute Gasteiger partial charge is 0.154 e. The fourth-order valence-corrected chi connectivity index (χ4v) is 2.11. The van der Waals surface area contributed by atoms with Gasteiger partial charge in [-0.3, -0.25) is 9.89 Å². The van der Waals surface area contributed by atoms with E-state index in [1.165, 1.54) is 0 Å². The molecule has 2 aromatic heterocycles. The lowest BCUT2D eigenvalue weighted by molar-refractivity contribution is 0.112. The van der Waals surface area contributed by atoms with Crippen LogP contribution in [0.1, 0.15) is 23.0 Å². The van der Waals surface area contributed by atoms with Gasteiger partial charge in [0, 0.05) is 5.69 Å². The van der Waals surface area contributed by atoms with E-state index in [9.17, 15) is 4.79 Å². The van der Waals surface area contributed by atoms with Crippen molar-refractivity contribution in [1.82, 2.24) is 10.2 Å². The zero-order valence-electron chi connectivity index (χ0n) is 7.78. The number of aryl methyl sites for hydroxylation is 1. The first-order valence-corrected chi connectivity index (χ1v) is 5.31. The Labute approximate surface area is 85.8 Å². The lowest BCUT2D eigenvalue weighted by Gasteiger charge is -1.92. The number of aldehydes is 1. The van der Waals surface area contributed by atoms with Crippen molar-refractivity contribution in [2.75, 3.05) is 0 Å². The Kier molecular flexibility index (Phi) is 2.45. The number of aromatic amines is 1. The molecular formula is C10H10N2OS. The minimum absolute atomic E-state index is 0.690. The van der Waals surface area contributed by atoms with E-state index in [4.69, 9.17) is 0 Å². The van der Waals surface area contributed by atoms with E-state index in [1.807, 2.05) is 24.4 Å². The molecule has 14 heavy (non-hydrogen) atoms. The highest BCUT2D eigenvalue weighted by atomic mass is 32.1. The molecule has 0 spiro atoms. The Morgan fingerprint density at radius 1 is 1.64 bits per heavy atom. The lowest BCUT2D eigenvalue weighted by atomic mass is 10.1. The molecule has 0 radical (unpaired) electrons. The van der Waals surface area contributed by atoms with E-state index in [-0.39, 0.29) is 0 Å². The Hall–Kier alpha value is -1.42. The number of aromatic nitrogens is 2. The number of carbonyl (C=O) groups is 1. The van der Waals surface area contributed by atoms with Gasteiger partial charge in [-0.05, 0) is 17.9 Å². The second kappa shape index (κ2) is 3.75. The van der Waals surface area contributed by atoms with E-state index in [0.29, 0.717) is 5.56 Å². The van der Waals surface area contributed by atoms with Gasteiger partial charge in [0.2, 0.25) is 0 Å². The lowest BCUT2D eigenvalue weighted by Crippen LogP contribution is -1.87. The van der Waals surface area contributed by atoms with Crippen LogP contribution in [-0.4, -0.2) is 16.5 Å². The summed E-state index contributed by atoms with van der Waals surface area (Å²) in [6.45, 7) is 2.00. The van der Waals surface area contributed by atoms with E-state index in [0.717, 1.165) is 29.0 Å². The van der Waals surface area contributed by atoms with Crippen LogP contribution >= 0.6 is 11.3 Å². The van der Waals surface area contributed by atoms with Crippen molar-refractivity contribution in [2.45, 2.75) is 13.3 Å². The van der Waals surface area contributed by atoms with Gasteiger partial charge < -0.3 is 0 Å². The topological polar surface area (TPSA) is 45.8 Å². The molecule has 0 bridgehead atoms. The summed E-state index contributed by atoms with van der Waals surface area (Å²) in [5.74, 6) is 0. The Morgan fingerprint density at radius 2 is 2.50 bits per heavy atom. The van der Waals surface area contributed by atoms with Crippen LogP contribution in [0.5, 0.6) is 0 Å².